The Hall–Kier alpha value is -0.570. The van der Waals surface area contributed by atoms with Crippen LogP contribution in [0.3, 0.4) is 0 Å². The number of likely N-dealkylation sites (N-methyl/N-ethyl adjacent to an activating group) is 1. The third-order valence-corrected chi connectivity index (χ3v) is 3.27. The summed E-state index contributed by atoms with van der Waals surface area (Å²) in [5.74, 6) is 0.240. The molecule has 1 unspecified atom stereocenters. The van der Waals surface area contributed by atoms with E-state index in [0.29, 0.717) is 6.04 Å². The van der Waals surface area contributed by atoms with Gasteiger partial charge >= 0.3 is 0 Å². The van der Waals surface area contributed by atoms with E-state index < -0.39 is 5.54 Å². The first-order valence-electron chi connectivity index (χ1n) is 5.53. The van der Waals surface area contributed by atoms with Gasteiger partial charge in [-0.2, -0.15) is 0 Å². The van der Waals surface area contributed by atoms with Crippen LogP contribution in [0.25, 0.3) is 0 Å². The zero-order valence-corrected chi connectivity index (χ0v) is 9.76. The fourth-order valence-electron chi connectivity index (χ4n) is 1.99. The van der Waals surface area contributed by atoms with Crippen molar-refractivity contribution in [2.45, 2.75) is 51.6 Å². The van der Waals surface area contributed by atoms with E-state index in [9.17, 15) is 4.79 Å². The zero-order chi connectivity index (χ0) is 10.8. The Balaban J connectivity index is 2.69. The number of nitrogens with one attached hydrogen (secondary N) is 1. The lowest BCUT2D eigenvalue weighted by Gasteiger charge is -2.32. The molecule has 0 aromatic heterocycles. The Labute approximate surface area is 86.9 Å². The molecule has 0 aromatic carbocycles. The molecule has 0 spiro atoms. The predicted octanol–water partition coefficient (Wildman–Crippen LogP) is 1.39. The van der Waals surface area contributed by atoms with Crippen LogP contribution in [0.2, 0.25) is 0 Å². The first kappa shape index (κ1) is 11.5. The second-order valence-corrected chi connectivity index (χ2v) is 4.58. The summed E-state index contributed by atoms with van der Waals surface area (Å²) in [6, 6.07) is 0.468. The molecule has 1 saturated heterocycles. The fraction of sp³-hybridized carbons (Fsp3) is 0.909. The molecule has 0 aliphatic carbocycles. The predicted molar refractivity (Wildman–Crippen MR) is 58.2 cm³/mol. The maximum atomic E-state index is 12.1. The van der Waals surface area contributed by atoms with E-state index in [1.165, 1.54) is 6.42 Å². The second-order valence-electron chi connectivity index (χ2n) is 4.58. The first-order valence-corrected chi connectivity index (χ1v) is 5.53. The quantitative estimate of drug-likeness (QED) is 0.743. The number of carbonyl (C=O) groups is 1. The molecule has 1 atom stereocenters. The molecule has 1 rings (SSSR count). The third kappa shape index (κ3) is 2.08. The molecule has 1 aliphatic heterocycles. The average Bonchev–Trinajstić information content (AvgIpc) is 2.64. The SMILES string of the molecule is CCC1CCCN1C(=O)C(C)(C)NC. The topological polar surface area (TPSA) is 32.3 Å². The highest BCUT2D eigenvalue weighted by atomic mass is 16.2. The van der Waals surface area contributed by atoms with Crippen LogP contribution >= 0.6 is 0 Å². The Bertz CT molecular complexity index is 213. The fourth-order valence-corrected chi connectivity index (χ4v) is 1.99. The van der Waals surface area contributed by atoms with Gasteiger partial charge in [0.1, 0.15) is 0 Å². The minimum absolute atomic E-state index is 0.240. The third-order valence-electron chi connectivity index (χ3n) is 3.27. The average molecular weight is 198 g/mol. The van der Waals surface area contributed by atoms with Gasteiger partial charge in [0.05, 0.1) is 5.54 Å². The molecular weight excluding hydrogens is 176 g/mol. The monoisotopic (exact) mass is 198 g/mol. The van der Waals surface area contributed by atoms with Gasteiger partial charge in [0.25, 0.3) is 0 Å². The molecule has 1 fully saturated rings. The Kier molecular flexibility index (Phi) is 3.53. The molecule has 3 nitrogen and oxygen atoms in total. The molecule has 1 heterocycles. The van der Waals surface area contributed by atoms with E-state index >= 15 is 0 Å². The van der Waals surface area contributed by atoms with E-state index in [-0.39, 0.29) is 5.91 Å². The summed E-state index contributed by atoms with van der Waals surface area (Å²) in [6.45, 7) is 6.98. The molecule has 3 heteroatoms. The van der Waals surface area contributed by atoms with E-state index in [4.69, 9.17) is 0 Å². The molecule has 0 saturated carbocycles. The summed E-state index contributed by atoms with van der Waals surface area (Å²) >= 11 is 0. The zero-order valence-electron chi connectivity index (χ0n) is 9.76. The Morgan fingerprint density at radius 1 is 1.57 bits per heavy atom. The van der Waals surface area contributed by atoms with Gasteiger partial charge in [0, 0.05) is 12.6 Å². The van der Waals surface area contributed by atoms with Crippen molar-refractivity contribution in [1.29, 1.82) is 0 Å². The van der Waals surface area contributed by atoms with Crippen LogP contribution in [0.15, 0.2) is 0 Å². The summed E-state index contributed by atoms with van der Waals surface area (Å²) in [7, 11) is 1.84. The number of rotatable bonds is 3. The number of hydrogen-bond donors (Lipinski definition) is 1. The maximum absolute atomic E-state index is 12.1. The lowest BCUT2D eigenvalue weighted by atomic mass is 10.0. The molecule has 1 aliphatic rings. The van der Waals surface area contributed by atoms with Gasteiger partial charge < -0.3 is 10.2 Å². The number of nitrogens with zero attached hydrogens (tertiary/aromatic N) is 1. The molecule has 1 amide bonds. The molecule has 0 radical (unpaired) electrons. The minimum atomic E-state index is -0.419. The smallest absolute Gasteiger partial charge is 0.242 e. The van der Waals surface area contributed by atoms with E-state index in [1.807, 2.05) is 25.8 Å². The molecule has 14 heavy (non-hydrogen) atoms. The normalized spacial score (nSPS) is 22.9. The van der Waals surface area contributed by atoms with Crippen LogP contribution in [0, 0.1) is 0 Å². The summed E-state index contributed by atoms with van der Waals surface area (Å²) in [6.07, 6.45) is 3.40. The van der Waals surface area contributed by atoms with Gasteiger partial charge in [-0.15, -0.1) is 0 Å². The van der Waals surface area contributed by atoms with Gasteiger partial charge in [-0.1, -0.05) is 6.92 Å². The number of carbonyl (C=O) groups excluding carboxylic acids is 1. The van der Waals surface area contributed by atoms with Crippen molar-refractivity contribution in [2.24, 2.45) is 0 Å². The minimum Gasteiger partial charge on any atom is -0.338 e. The first-order chi connectivity index (χ1) is 6.53. The Morgan fingerprint density at radius 2 is 2.21 bits per heavy atom. The van der Waals surface area contributed by atoms with E-state index in [2.05, 4.69) is 12.2 Å². The van der Waals surface area contributed by atoms with Crippen LogP contribution in [0.4, 0.5) is 0 Å². The van der Waals surface area contributed by atoms with E-state index in [0.717, 1.165) is 19.4 Å². The summed E-state index contributed by atoms with van der Waals surface area (Å²) in [5, 5.41) is 3.07. The van der Waals surface area contributed by atoms with Crippen molar-refractivity contribution >= 4 is 5.91 Å². The lowest BCUT2D eigenvalue weighted by molar-refractivity contribution is -0.137. The number of likely N-dealkylation sites (tertiary alicyclic amines) is 1. The standard InChI is InChI=1S/C11H22N2O/c1-5-9-7-6-8-13(9)10(14)11(2,3)12-4/h9,12H,5-8H2,1-4H3. The second kappa shape index (κ2) is 4.30. The molecular formula is C11H22N2O. The summed E-state index contributed by atoms with van der Waals surface area (Å²) in [5.41, 5.74) is -0.419. The summed E-state index contributed by atoms with van der Waals surface area (Å²) < 4.78 is 0. The van der Waals surface area contributed by atoms with Crippen molar-refractivity contribution in [2.75, 3.05) is 13.6 Å². The van der Waals surface area contributed by atoms with Gasteiger partial charge in [-0.3, -0.25) is 4.79 Å². The number of amides is 1. The highest BCUT2D eigenvalue weighted by Gasteiger charge is 2.35. The maximum Gasteiger partial charge on any atom is 0.242 e. The van der Waals surface area contributed by atoms with E-state index in [1.54, 1.807) is 0 Å². The van der Waals surface area contributed by atoms with Crippen molar-refractivity contribution in [1.82, 2.24) is 10.2 Å². The van der Waals surface area contributed by atoms with Gasteiger partial charge in [-0.05, 0) is 40.2 Å². The highest BCUT2D eigenvalue weighted by Crippen LogP contribution is 2.22. The molecule has 82 valence electrons. The van der Waals surface area contributed by atoms with Crippen LogP contribution in [0.5, 0.6) is 0 Å². The highest BCUT2D eigenvalue weighted by molar-refractivity contribution is 5.86. The molecule has 0 aromatic rings. The number of hydrogen-bond acceptors (Lipinski definition) is 2. The van der Waals surface area contributed by atoms with Crippen LogP contribution in [-0.2, 0) is 4.79 Å². The summed E-state index contributed by atoms with van der Waals surface area (Å²) in [4.78, 5) is 14.2. The molecule has 1 N–H and O–H groups in total. The lowest BCUT2D eigenvalue weighted by Crippen LogP contribution is -2.53. The van der Waals surface area contributed by atoms with Crippen LogP contribution in [0.1, 0.15) is 40.0 Å². The molecule has 0 bridgehead atoms. The van der Waals surface area contributed by atoms with Gasteiger partial charge in [0.2, 0.25) is 5.91 Å². The van der Waals surface area contributed by atoms with Crippen molar-refractivity contribution in [3.05, 3.63) is 0 Å². The van der Waals surface area contributed by atoms with Crippen LogP contribution < -0.4 is 5.32 Å². The van der Waals surface area contributed by atoms with Crippen molar-refractivity contribution < 1.29 is 4.79 Å². The van der Waals surface area contributed by atoms with Crippen LogP contribution in [-0.4, -0.2) is 36.0 Å². The van der Waals surface area contributed by atoms with Crippen molar-refractivity contribution in [3.63, 3.8) is 0 Å². The van der Waals surface area contributed by atoms with Crippen molar-refractivity contribution in [3.8, 4) is 0 Å². The van der Waals surface area contributed by atoms with Gasteiger partial charge in [-0.25, -0.2) is 0 Å². The van der Waals surface area contributed by atoms with Gasteiger partial charge in [0.15, 0.2) is 0 Å². The Morgan fingerprint density at radius 3 is 2.71 bits per heavy atom. The largest absolute Gasteiger partial charge is 0.338 e.